The molecule has 0 bridgehead atoms. The van der Waals surface area contributed by atoms with Gasteiger partial charge in [0.2, 0.25) is 11.8 Å². The number of aryl methyl sites for hydroxylation is 1. The zero-order valence-electron chi connectivity index (χ0n) is 16.2. The number of alkyl halides is 3. The number of benzene rings is 1. The van der Waals surface area contributed by atoms with Crippen LogP contribution >= 0.6 is 0 Å². The van der Waals surface area contributed by atoms with Gasteiger partial charge in [-0.15, -0.1) is 0 Å². The summed E-state index contributed by atoms with van der Waals surface area (Å²) in [4.78, 5) is 11.6. The van der Waals surface area contributed by atoms with E-state index in [4.69, 9.17) is 4.52 Å². The van der Waals surface area contributed by atoms with E-state index in [9.17, 15) is 26.4 Å². The monoisotopic (exact) mass is 445 g/mol. The molecule has 1 heterocycles. The van der Waals surface area contributed by atoms with Gasteiger partial charge >= 0.3 is 6.18 Å². The topological polar surface area (TPSA) is 101 Å². The lowest BCUT2D eigenvalue weighted by Crippen LogP contribution is -2.40. The lowest BCUT2D eigenvalue weighted by Gasteiger charge is -2.29. The summed E-state index contributed by atoms with van der Waals surface area (Å²) in [5, 5.41) is 8.55. The minimum atomic E-state index is -4.60. The van der Waals surface area contributed by atoms with Crippen LogP contribution in [0, 0.1) is 6.92 Å². The van der Waals surface area contributed by atoms with Crippen LogP contribution in [0.2, 0.25) is 0 Å². The minimum absolute atomic E-state index is 0.0233. The molecule has 7 nitrogen and oxygen atoms in total. The van der Waals surface area contributed by atoms with E-state index < -0.39 is 26.8 Å². The van der Waals surface area contributed by atoms with Crippen molar-refractivity contribution in [2.45, 2.75) is 55.0 Å². The molecular formula is C19H22F3N3O4S. The molecule has 164 valence electrons. The molecule has 3 rings (SSSR count). The predicted octanol–water partition coefficient (Wildman–Crippen LogP) is 3.32. The third-order valence-corrected chi connectivity index (χ3v) is 7.30. The fourth-order valence-corrected chi connectivity index (χ4v) is 5.30. The van der Waals surface area contributed by atoms with Crippen LogP contribution in [0.5, 0.6) is 0 Å². The first-order valence-corrected chi connectivity index (χ1v) is 11.0. The Morgan fingerprint density at radius 1 is 1.20 bits per heavy atom. The van der Waals surface area contributed by atoms with Crippen LogP contribution in [-0.4, -0.2) is 37.3 Å². The van der Waals surface area contributed by atoms with Crippen LogP contribution in [0.25, 0.3) is 0 Å². The number of nitrogens with one attached hydrogen (secondary N) is 2. The molecule has 1 saturated carbocycles. The first-order chi connectivity index (χ1) is 14.1. The quantitative estimate of drug-likeness (QED) is 0.708. The molecule has 1 aliphatic carbocycles. The van der Waals surface area contributed by atoms with Crippen molar-refractivity contribution in [3.8, 4) is 0 Å². The molecule has 2 N–H and O–H groups in total. The van der Waals surface area contributed by atoms with Gasteiger partial charge in [0.05, 0.1) is 27.9 Å². The lowest BCUT2D eigenvalue weighted by molar-refractivity contribution is -0.137. The van der Waals surface area contributed by atoms with Crippen molar-refractivity contribution < 1.29 is 30.9 Å². The van der Waals surface area contributed by atoms with Crippen LogP contribution in [0.3, 0.4) is 0 Å². The summed E-state index contributed by atoms with van der Waals surface area (Å²) in [5.74, 6) is -0.0694. The van der Waals surface area contributed by atoms with E-state index in [2.05, 4.69) is 15.8 Å². The van der Waals surface area contributed by atoms with E-state index in [0.29, 0.717) is 37.4 Å². The molecule has 1 amide bonds. The molecule has 1 aromatic heterocycles. The number of hydrogen-bond donors (Lipinski definition) is 2. The van der Waals surface area contributed by atoms with Gasteiger partial charge in [0.1, 0.15) is 0 Å². The maximum Gasteiger partial charge on any atom is 0.416 e. The number of anilines is 1. The average molecular weight is 445 g/mol. The Kier molecular flexibility index (Phi) is 6.51. The van der Waals surface area contributed by atoms with Gasteiger partial charge in [-0.05, 0) is 50.8 Å². The Morgan fingerprint density at radius 3 is 2.50 bits per heavy atom. The number of amides is 1. The largest absolute Gasteiger partial charge is 0.416 e. The Hall–Kier alpha value is -2.40. The second kappa shape index (κ2) is 8.76. The second-order valence-electron chi connectivity index (χ2n) is 7.31. The van der Waals surface area contributed by atoms with E-state index in [-0.39, 0.29) is 29.3 Å². The van der Waals surface area contributed by atoms with Crippen molar-refractivity contribution >= 4 is 21.6 Å². The van der Waals surface area contributed by atoms with Crippen molar-refractivity contribution in [3.05, 3.63) is 41.6 Å². The zero-order valence-corrected chi connectivity index (χ0v) is 17.0. The number of carbonyl (C=O) groups excluding carboxylic acids is 1. The highest BCUT2D eigenvalue weighted by Crippen LogP contribution is 2.33. The fraction of sp³-hybridized carbons (Fsp3) is 0.474. The molecule has 1 aliphatic rings. The molecule has 1 fully saturated rings. The molecule has 11 heteroatoms. The lowest BCUT2D eigenvalue weighted by atomic mass is 9.95. The fourth-order valence-electron chi connectivity index (χ4n) is 3.46. The number of carbonyl (C=O) groups is 1. The Bertz CT molecular complexity index is 996. The van der Waals surface area contributed by atoms with Gasteiger partial charge in [-0.2, -0.15) is 13.2 Å². The van der Waals surface area contributed by atoms with Crippen molar-refractivity contribution in [2.75, 3.05) is 11.9 Å². The number of hydrogen-bond acceptors (Lipinski definition) is 6. The van der Waals surface area contributed by atoms with Gasteiger partial charge in [-0.3, -0.25) is 10.1 Å². The third kappa shape index (κ3) is 5.39. The van der Waals surface area contributed by atoms with E-state index in [1.165, 1.54) is 6.07 Å². The van der Waals surface area contributed by atoms with Gasteiger partial charge in [-0.1, -0.05) is 11.2 Å². The summed E-state index contributed by atoms with van der Waals surface area (Å²) in [7, 11) is -3.86. The highest BCUT2D eigenvalue weighted by atomic mass is 32.2. The molecule has 0 unspecified atom stereocenters. The predicted molar refractivity (Wildman–Crippen MR) is 103 cm³/mol. The van der Waals surface area contributed by atoms with E-state index >= 15 is 0 Å². The molecule has 2 aromatic rings. The summed E-state index contributed by atoms with van der Waals surface area (Å²) in [5.41, 5.74) is -0.342. The van der Waals surface area contributed by atoms with Gasteiger partial charge in [0.15, 0.2) is 9.84 Å². The second-order valence-corrected chi connectivity index (χ2v) is 9.53. The van der Waals surface area contributed by atoms with Crippen LogP contribution in [0.15, 0.2) is 39.8 Å². The standard InChI is InChI=1S/C19H22F3N3O4S/c1-12-9-18(29-25-12)24-17(26)11-23-14-5-7-15(8-6-14)30(27,28)16-4-2-3-13(10-16)19(20,21)22/h2-4,9-10,14-15,23H,5-8,11H2,1H3,(H,24,26)/t14-,15+. The summed E-state index contributed by atoms with van der Waals surface area (Å²) >= 11 is 0. The average Bonchev–Trinajstić information content (AvgIpc) is 3.10. The number of rotatable bonds is 6. The number of sulfone groups is 1. The van der Waals surface area contributed by atoms with Crippen molar-refractivity contribution in [2.24, 2.45) is 0 Å². The highest BCUT2D eigenvalue weighted by molar-refractivity contribution is 7.92. The van der Waals surface area contributed by atoms with E-state index in [1.807, 2.05) is 0 Å². The SMILES string of the molecule is Cc1cc(NC(=O)CN[C@H]2CC[C@@H](S(=O)(=O)c3cccc(C(F)(F)F)c3)CC2)on1. The van der Waals surface area contributed by atoms with Crippen LogP contribution in [0.1, 0.15) is 36.9 Å². The van der Waals surface area contributed by atoms with Gasteiger partial charge in [-0.25, -0.2) is 8.42 Å². The van der Waals surface area contributed by atoms with Gasteiger partial charge in [0, 0.05) is 12.1 Å². The maximum atomic E-state index is 12.9. The van der Waals surface area contributed by atoms with Gasteiger partial charge in [0.25, 0.3) is 0 Å². The smallest absolute Gasteiger partial charge is 0.338 e. The Morgan fingerprint density at radius 2 is 1.90 bits per heavy atom. The molecule has 0 saturated heterocycles. The van der Waals surface area contributed by atoms with Crippen molar-refractivity contribution in [1.82, 2.24) is 10.5 Å². The minimum Gasteiger partial charge on any atom is -0.338 e. The first kappa shape index (κ1) is 22.3. The van der Waals surface area contributed by atoms with Crippen molar-refractivity contribution in [3.63, 3.8) is 0 Å². The van der Waals surface area contributed by atoms with E-state index in [1.54, 1.807) is 13.0 Å². The Balaban J connectivity index is 1.53. The first-order valence-electron chi connectivity index (χ1n) is 9.43. The number of halogens is 3. The molecule has 0 atom stereocenters. The summed E-state index contributed by atoms with van der Waals surface area (Å²) in [6.45, 7) is 1.75. The van der Waals surface area contributed by atoms with Crippen LogP contribution < -0.4 is 10.6 Å². The molecular weight excluding hydrogens is 423 g/mol. The molecule has 30 heavy (non-hydrogen) atoms. The van der Waals surface area contributed by atoms with Crippen LogP contribution in [0.4, 0.5) is 19.1 Å². The van der Waals surface area contributed by atoms with Crippen molar-refractivity contribution in [1.29, 1.82) is 0 Å². The number of aromatic nitrogens is 1. The summed E-state index contributed by atoms with van der Waals surface area (Å²) < 4.78 is 69.1. The van der Waals surface area contributed by atoms with Gasteiger partial charge < -0.3 is 9.84 Å². The Labute approximate surface area is 171 Å². The molecule has 1 aromatic carbocycles. The zero-order chi connectivity index (χ0) is 21.9. The maximum absolute atomic E-state index is 12.9. The molecule has 0 radical (unpaired) electrons. The summed E-state index contributed by atoms with van der Waals surface area (Å²) in [6.07, 6.45) is -2.99. The summed E-state index contributed by atoms with van der Waals surface area (Å²) in [6, 6.07) is 5.38. The third-order valence-electron chi connectivity index (χ3n) is 5.04. The van der Waals surface area contributed by atoms with E-state index in [0.717, 1.165) is 12.1 Å². The van der Waals surface area contributed by atoms with Crippen LogP contribution in [-0.2, 0) is 20.8 Å². The molecule has 0 aliphatic heterocycles. The normalized spacial score (nSPS) is 20.1. The number of nitrogens with zero attached hydrogens (tertiary/aromatic N) is 1. The molecule has 0 spiro atoms. The highest BCUT2D eigenvalue weighted by Gasteiger charge is 2.35.